The minimum atomic E-state index is -1.55. The highest BCUT2D eigenvalue weighted by Gasteiger charge is 2.48. The highest BCUT2D eigenvalue weighted by molar-refractivity contribution is 5.86. The summed E-state index contributed by atoms with van der Waals surface area (Å²) < 4.78 is 6.05. The fraction of sp³-hybridized carbons (Fsp3) is 0.900. The first-order chi connectivity index (χ1) is 25.2. The Bertz CT molecular complexity index is 953. The van der Waals surface area contributed by atoms with E-state index in [2.05, 4.69) is 24.5 Å². The number of unbranched alkanes of at least 4 members (excludes halogenated alkanes) is 21. The van der Waals surface area contributed by atoms with E-state index in [0.29, 0.717) is 19.4 Å². The van der Waals surface area contributed by atoms with Crippen molar-refractivity contribution in [3.8, 4) is 0 Å². The maximum Gasteiger partial charge on any atom is 0.303 e. The number of carboxylic acid groups (broad SMARTS) is 1. The Morgan fingerprint density at radius 3 is 1.52 bits per heavy atom. The average Bonchev–Trinajstić information content (AvgIpc) is 3.13. The van der Waals surface area contributed by atoms with Crippen LogP contribution in [0.15, 0.2) is 0 Å². The van der Waals surface area contributed by atoms with Gasteiger partial charge in [0.15, 0.2) is 6.23 Å². The summed E-state index contributed by atoms with van der Waals surface area (Å²) in [6, 6.07) is -1.22. The van der Waals surface area contributed by atoms with Crippen LogP contribution in [0.5, 0.6) is 0 Å². The number of carboxylic acids is 1. The van der Waals surface area contributed by atoms with Crippen molar-refractivity contribution in [1.82, 2.24) is 15.5 Å². The zero-order valence-electron chi connectivity index (χ0n) is 32.7. The van der Waals surface area contributed by atoms with E-state index in [1.54, 1.807) is 4.90 Å². The highest BCUT2D eigenvalue weighted by atomic mass is 16.5. The minimum absolute atomic E-state index is 0.175. The summed E-state index contributed by atoms with van der Waals surface area (Å²) in [6.07, 6.45) is 20.8. The van der Waals surface area contributed by atoms with Gasteiger partial charge in [-0.3, -0.25) is 19.2 Å². The van der Waals surface area contributed by atoms with Crippen molar-refractivity contribution in [2.75, 3.05) is 19.7 Å². The van der Waals surface area contributed by atoms with Crippen LogP contribution in [0.4, 0.5) is 0 Å². The van der Waals surface area contributed by atoms with E-state index < -0.39 is 61.5 Å². The molecule has 6 N–H and O–H groups in total. The molecule has 0 aromatic carbocycles. The minimum Gasteiger partial charge on any atom is -0.481 e. The van der Waals surface area contributed by atoms with Gasteiger partial charge in [0.1, 0.15) is 24.4 Å². The molecule has 3 amide bonds. The van der Waals surface area contributed by atoms with Crippen LogP contribution in [0, 0.1) is 0 Å². The zero-order valence-corrected chi connectivity index (χ0v) is 32.7. The van der Waals surface area contributed by atoms with Gasteiger partial charge in [0.2, 0.25) is 17.7 Å². The molecule has 1 aliphatic heterocycles. The normalized spacial score (nSPS) is 20.1. The lowest BCUT2D eigenvalue weighted by Crippen LogP contribution is -2.69. The summed E-state index contributed by atoms with van der Waals surface area (Å²) in [4.78, 5) is 51.0. The molecular weight excluding hydrogens is 666 g/mol. The number of nitrogens with zero attached hydrogens (tertiary/aromatic N) is 1. The van der Waals surface area contributed by atoms with Crippen molar-refractivity contribution in [2.24, 2.45) is 0 Å². The van der Waals surface area contributed by atoms with Crippen LogP contribution >= 0.6 is 0 Å². The molecule has 0 aromatic heterocycles. The fourth-order valence-corrected chi connectivity index (χ4v) is 6.85. The molecule has 0 aliphatic carbocycles. The van der Waals surface area contributed by atoms with Crippen molar-refractivity contribution < 1.29 is 44.3 Å². The largest absolute Gasteiger partial charge is 0.481 e. The first-order valence-corrected chi connectivity index (χ1v) is 20.9. The smallest absolute Gasteiger partial charge is 0.303 e. The van der Waals surface area contributed by atoms with E-state index in [1.165, 1.54) is 96.3 Å². The highest BCUT2D eigenvalue weighted by Crippen LogP contribution is 2.26. The molecule has 1 fully saturated rings. The van der Waals surface area contributed by atoms with Crippen molar-refractivity contribution in [3.63, 3.8) is 0 Å². The number of ether oxygens (including phenoxy) is 1. The molecule has 52 heavy (non-hydrogen) atoms. The van der Waals surface area contributed by atoms with Gasteiger partial charge < -0.3 is 40.7 Å². The number of amides is 3. The van der Waals surface area contributed by atoms with Gasteiger partial charge >= 0.3 is 5.97 Å². The quantitative estimate of drug-likeness (QED) is 0.0431. The van der Waals surface area contributed by atoms with E-state index in [-0.39, 0.29) is 25.2 Å². The lowest BCUT2D eigenvalue weighted by atomic mass is 9.94. The van der Waals surface area contributed by atoms with Crippen LogP contribution in [0.2, 0.25) is 0 Å². The summed E-state index contributed by atoms with van der Waals surface area (Å²) in [5.74, 6) is -2.63. The van der Waals surface area contributed by atoms with Gasteiger partial charge in [0, 0.05) is 19.4 Å². The lowest BCUT2D eigenvalue weighted by Gasteiger charge is -2.47. The van der Waals surface area contributed by atoms with Crippen LogP contribution in [-0.4, -0.2) is 99.3 Å². The fourth-order valence-electron chi connectivity index (χ4n) is 6.85. The molecule has 12 heteroatoms. The van der Waals surface area contributed by atoms with E-state index in [0.717, 1.165) is 38.5 Å². The number of carbonyl (C=O) groups excluding carboxylic acids is 3. The van der Waals surface area contributed by atoms with E-state index >= 15 is 0 Å². The molecule has 0 radical (unpaired) electrons. The van der Waals surface area contributed by atoms with Crippen molar-refractivity contribution >= 4 is 23.7 Å². The van der Waals surface area contributed by atoms with Gasteiger partial charge in [-0.2, -0.15) is 0 Å². The maximum absolute atomic E-state index is 13.8. The molecule has 0 aromatic rings. The first kappa shape index (κ1) is 47.7. The molecule has 1 aliphatic rings. The van der Waals surface area contributed by atoms with Gasteiger partial charge in [-0.1, -0.05) is 149 Å². The molecule has 12 nitrogen and oxygen atoms in total. The molecule has 0 spiro atoms. The third-order valence-corrected chi connectivity index (χ3v) is 10.1. The average molecular weight is 742 g/mol. The van der Waals surface area contributed by atoms with Crippen molar-refractivity contribution in [3.05, 3.63) is 0 Å². The number of aliphatic carboxylic acids is 1. The Balaban J connectivity index is 2.82. The molecule has 5 atom stereocenters. The van der Waals surface area contributed by atoms with Gasteiger partial charge in [-0.15, -0.1) is 0 Å². The van der Waals surface area contributed by atoms with Crippen LogP contribution < -0.4 is 10.6 Å². The Morgan fingerprint density at radius 1 is 0.596 bits per heavy atom. The Kier molecular flexibility index (Phi) is 28.6. The topological polar surface area (TPSA) is 186 Å². The number of aliphatic hydroxyl groups excluding tert-OH is 3. The summed E-state index contributed by atoms with van der Waals surface area (Å²) in [6.45, 7) is 3.71. The van der Waals surface area contributed by atoms with Crippen LogP contribution in [0.25, 0.3) is 0 Å². The van der Waals surface area contributed by atoms with Crippen LogP contribution in [0.1, 0.15) is 181 Å². The Morgan fingerprint density at radius 2 is 1.06 bits per heavy atom. The predicted octanol–water partition coefficient (Wildman–Crippen LogP) is 6.12. The van der Waals surface area contributed by atoms with Crippen molar-refractivity contribution in [2.45, 2.75) is 211 Å². The molecule has 1 rings (SSSR count). The molecule has 1 heterocycles. The SMILES string of the molecule is CCCCCCCCCCCCCCN(C(=O)CCCCCCCCCCCCC)[C@@H]1O[C@H](CO)[C@H](O)[C@H](O)[C@@H]1NC(=O)CNC(=O)CCC(=O)O. The lowest BCUT2D eigenvalue weighted by molar-refractivity contribution is -0.231. The van der Waals surface area contributed by atoms with Crippen LogP contribution in [-0.2, 0) is 23.9 Å². The second kappa shape index (κ2) is 31.1. The van der Waals surface area contributed by atoms with Crippen LogP contribution in [0.3, 0.4) is 0 Å². The summed E-state index contributed by atoms with van der Waals surface area (Å²) in [5.41, 5.74) is 0. The zero-order chi connectivity index (χ0) is 38.4. The number of aliphatic hydroxyl groups is 3. The standard InChI is InChI=1S/C40H75N3O9/c1-3-5-7-9-11-13-15-17-19-21-23-25-29-43(35(47)26-24-22-20-18-16-14-12-10-8-6-4-2)40-37(39(51)38(50)32(31-44)52-40)42-34(46)30-41-33(45)27-28-36(48)49/h32,37-40,44,50-51H,3-31H2,1-2H3,(H,41,45)(H,42,46)(H,48,49)/t32-,37+,38+,39-,40-/m1/s1. The first-order valence-electron chi connectivity index (χ1n) is 20.9. The molecule has 0 unspecified atom stereocenters. The second-order valence-electron chi connectivity index (χ2n) is 14.8. The van der Waals surface area contributed by atoms with Gasteiger partial charge in [0.05, 0.1) is 19.6 Å². The second-order valence-corrected chi connectivity index (χ2v) is 14.8. The number of carbonyl (C=O) groups is 4. The summed E-state index contributed by atoms with van der Waals surface area (Å²) in [7, 11) is 0. The number of rotatable bonds is 33. The molecule has 0 saturated carbocycles. The van der Waals surface area contributed by atoms with Gasteiger partial charge in [-0.25, -0.2) is 0 Å². The number of hydrogen-bond donors (Lipinski definition) is 6. The Hall–Kier alpha value is -2.28. The predicted molar refractivity (Wildman–Crippen MR) is 203 cm³/mol. The molecular formula is C40H75N3O9. The molecule has 0 bridgehead atoms. The van der Waals surface area contributed by atoms with E-state index in [4.69, 9.17) is 9.84 Å². The summed E-state index contributed by atoms with van der Waals surface area (Å²) >= 11 is 0. The third-order valence-electron chi connectivity index (χ3n) is 10.1. The van der Waals surface area contributed by atoms with Gasteiger partial charge in [0.25, 0.3) is 0 Å². The van der Waals surface area contributed by atoms with E-state index in [1.807, 2.05) is 0 Å². The van der Waals surface area contributed by atoms with Gasteiger partial charge in [-0.05, 0) is 12.8 Å². The van der Waals surface area contributed by atoms with Crippen molar-refractivity contribution in [1.29, 1.82) is 0 Å². The third kappa shape index (κ3) is 22.1. The van der Waals surface area contributed by atoms with E-state index in [9.17, 15) is 34.5 Å². The monoisotopic (exact) mass is 742 g/mol. The number of nitrogens with one attached hydrogen (secondary N) is 2. The Labute approximate surface area is 314 Å². The maximum atomic E-state index is 13.8. The summed E-state index contributed by atoms with van der Waals surface area (Å²) in [5, 5.41) is 45.6. The molecule has 1 saturated heterocycles. The number of hydrogen-bond acceptors (Lipinski definition) is 8. The molecule has 304 valence electrons.